The number of nitrogens with zero attached hydrogens (tertiary/aromatic N) is 1. The third kappa shape index (κ3) is 5.62. The van der Waals surface area contributed by atoms with Gasteiger partial charge in [-0.3, -0.25) is 19.7 Å². The lowest BCUT2D eigenvalue weighted by atomic mass is 10.1. The van der Waals surface area contributed by atoms with E-state index >= 15 is 0 Å². The topological polar surface area (TPSA) is 115 Å². The standard InChI is InChI=1S/C19H15N3O4/c20-19(24)16-8-3-14(4-9-16)2-1-13-21-18(23)12-7-15-5-10-17(11-6-15)22(25)26/h3-12H,13H2,(H2,20,24)(H,21,23)/b12-7+. The summed E-state index contributed by atoms with van der Waals surface area (Å²) in [5, 5.41) is 13.2. The van der Waals surface area contributed by atoms with Crippen molar-refractivity contribution in [3.05, 3.63) is 81.4 Å². The molecule has 0 fully saturated rings. The second-order valence-electron chi connectivity index (χ2n) is 5.14. The maximum atomic E-state index is 11.7. The van der Waals surface area contributed by atoms with E-state index in [4.69, 9.17) is 5.73 Å². The number of hydrogen-bond acceptors (Lipinski definition) is 4. The zero-order valence-electron chi connectivity index (χ0n) is 13.6. The van der Waals surface area contributed by atoms with Gasteiger partial charge in [0.1, 0.15) is 0 Å². The predicted molar refractivity (Wildman–Crippen MR) is 97.0 cm³/mol. The Labute approximate surface area is 149 Å². The molecule has 0 aromatic heterocycles. The lowest BCUT2D eigenvalue weighted by Crippen LogP contribution is -2.20. The Morgan fingerprint density at radius 2 is 1.77 bits per heavy atom. The molecule has 3 N–H and O–H groups in total. The van der Waals surface area contributed by atoms with Crippen molar-refractivity contribution in [2.45, 2.75) is 0 Å². The number of non-ortho nitro benzene ring substituents is 1. The third-order valence-electron chi connectivity index (χ3n) is 3.28. The highest BCUT2D eigenvalue weighted by Crippen LogP contribution is 2.12. The van der Waals surface area contributed by atoms with Gasteiger partial charge in [-0.25, -0.2) is 0 Å². The first kappa shape index (κ1) is 18.4. The Morgan fingerprint density at radius 1 is 1.12 bits per heavy atom. The molecular weight excluding hydrogens is 334 g/mol. The number of nitro benzene ring substituents is 1. The average molecular weight is 349 g/mol. The first-order valence-electron chi connectivity index (χ1n) is 7.55. The summed E-state index contributed by atoms with van der Waals surface area (Å²) < 4.78 is 0. The van der Waals surface area contributed by atoms with Gasteiger partial charge in [0.05, 0.1) is 11.5 Å². The fourth-order valence-electron chi connectivity index (χ4n) is 1.93. The van der Waals surface area contributed by atoms with Gasteiger partial charge in [-0.2, -0.15) is 0 Å². The minimum atomic E-state index is -0.503. The van der Waals surface area contributed by atoms with Gasteiger partial charge >= 0.3 is 0 Å². The molecular formula is C19H15N3O4. The van der Waals surface area contributed by atoms with Crippen LogP contribution in [-0.4, -0.2) is 23.3 Å². The molecule has 130 valence electrons. The van der Waals surface area contributed by atoms with E-state index in [0.717, 1.165) is 0 Å². The van der Waals surface area contributed by atoms with Crippen LogP contribution in [0, 0.1) is 22.0 Å². The average Bonchev–Trinajstić information content (AvgIpc) is 2.64. The monoisotopic (exact) mass is 349 g/mol. The number of nitrogens with one attached hydrogen (secondary N) is 1. The predicted octanol–water partition coefficient (Wildman–Crippen LogP) is 1.87. The summed E-state index contributed by atoms with van der Waals surface area (Å²) in [6, 6.07) is 12.3. The molecule has 0 saturated heterocycles. The van der Waals surface area contributed by atoms with Crippen LogP contribution < -0.4 is 11.1 Å². The number of carbonyl (C=O) groups excluding carboxylic acids is 2. The highest BCUT2D eigenvalue weighted by molar-refractivity contribution is 5.93. The SMILES string of the molecule is NC(=O)c1ccc(C#CCNC(=O)/C=C/c2ccc([N+](=O)[O-])cc2)cc1. The molecule has 26 heavy (non-hydrogen) atoms. The highest BCUT2D eigenvalue weighted by atomic mass is 16.6. The molecule has 2 rings (SSSR count). The van der Waals surface area contributed by atoms with E-state index in [-0.39, 0.29) is 18.1 Å². The molecule has 0 unspecified atom stereocenters. The molecule has 2 amide bonds. The minimum Gasteiger partial charge on any atom is -0.366 e. The number of benzene rings is 2. The Hall–Kier alpha value is -3.92. The fourth-order valence-corrected chi connectivity index (χ4v) is 1.93. The number of carbonyl (C=O) groups is 2. The molecule has 0 aliphatic heterocycles. The fraction of sp³-hybridized carbons (Fsp3) is 0.0526. The van der Waals surface area contributed by atoms with Gasteiger partial charge in [-0.05, 0) is 48.0 Å². The number of primary amides is 1. The quantitative estimate of drug-likeness (QED) is 0.371. The number of hydrogen-bond donors (Lipinski definition) is 2. The largest absolute Gasteiger partial charge is 0.366 e. The molecule has 0 aliphatic carbocycles. The molecule has 0 bridgehead atoms. The molecule has 7 heteroatoms. The van der Waals surface area contributed by atoms with Crippen LogP contribution in [-0.2, 0) is 4.79 Å². The van der Waals surface area contributed by atoms with E-state index in [1.165, 1.54) is 18.2 Å². The van der Waals surface area contributed by atoms with Crippen LogP contribution in [0.1, 0.15) is 21.5 Å². The normalized spacial score (nSPS) is 10.0. The second kappa shape index (κ2) is 8.80. The third-order valence-corrected chi connectivity index (χ3v) is 3.28. The molecule has 0 saturated carbocycles. The van der Waals surface area contributed by atoms with Gasteiger partial charge in [-0.15, -0.1) is 0 Å². The zero-order chi connectivity index (χ0) is 18.9. The highest BCUT2D eigenvalue weighted by Gasteiger charge is 2.02. The number of amides is 2. The molecule has 0 atom stereocenters. The van der Waals surface area contributed by atoms with Crippen molar-refractivity contribution in [2.24, 2.45) is 5.73 Å². The zero-order valence-corrected chi connectivity index (χ0v) is 13.6. The lowest BCUT2D eigenvalue weighted by molar-refractivity contribution is -0.384. The van der Waals surface area contributed by atoms with E-state index in [2.05, 4.69) is 17.2 Å². The van der Waals surface area contributed by atoms with Crippen LogP contribution in [0.2, 0.25) is 0 Å². The van der Waals surface area contributed by atoms with Crippen LogP contribution >= 0.6 is 0 Å². The molecule has 0 radical (unpaired) electrons. The van der Waals surface area contributed by atoms with Crippen molar-refractivity contribution >= 4 is 23.6 Å². The van der Waals surface area contributed by atoms with Gasteiger partial charge in [0.2, 0.25) is 11.8 Å². The van der Waals surface area contributed by atoms with Crippen LogP contribution in [0.15, 0.2) is 54.6 Å². The van der Waals surface area contributed by atoms with Crippen molar-refractivity contribution in [3.63, 3.8) is 0 Å². The van der Waals surface area contributed by atoms with Crippen molar-refractivity contribution in [1.29, 1.82) is 0 Å². The minimum absolute atomic E-state index is 0.00858. The first-order valence-corrected chi connectivity index (χ1v) is 7.55. The van der Waals surface area contributed by atoms with Crippen molar-refractivity contribution in [2.75, 3.05) is 6.54 Å². The number of nitrogens with two attached hydrogens (primary N) is 1. The van der Waals surface area contributed by atoms with E-state index < -0.39 is 10.8 Å². The molecule has 2 aromatic carbocycles. The van der Waals surface area contributed by atoms with E-state index in [1.807, 2.05) is 0 Å². The molecule has 7 nitrogen and oxygen atoms in total. The Kier molecular flexibility index (Phi) is 6.23. The Morgan fingerprint density at radius 3 is 2.35 bits per heavy atom. The number of nitro groups is 1. The summed E-state index contributed by atoms with van der Waals surface area (Å²) >= 11 is 0. The van der Waals surface area contributed by atoms with Gasteiger partial charge in [0.15, 0.2) is 0 Å². The van der Waals surface area contributed by atoms with Crippen LogP contribution in [0.25, 0.3) is 6.08 Å². The van der Waals surface area contributed by atoms with Crippen LogP contribution in [0.3, 0.4) is 0 Å². The molecule has 0 spiro atoms. The summed E-state index contributed by atoms with van der Waals surface area (Å²) in [6.45, 7) is 0.154. The maximum Gasteiger partial charge on any atom is 0.269 e. The van der Waals surface area contributed by atoms with Crippen molar-refractivity contribution in [1.82, 2.24) is 5.32 Å². The first-order chi connectivity index (χ1) is 12.5. The Bertz CT molecular complexity index is 905. The lowest BCUT2D eigenvalue weighted by Gasteiger charge is -1.96. The van der Waals surface area contributed by atoms with Gasteiger partial charge in [0.25, 0.3) is 5.69 Å². The summed E-state index contributed by atoms with van der Waals surface area (Å²) in [4.78, 5) is 32.7. The van der Waals surface area contributed by atoms with E-state index in [1.54, 1.807) is 42.5 Å². The second-order valence-corrected chi connectivity index (χ2v) is 5.14. The van der Waals surface area contributed by atoms with Crippen LogP contribution in [0.4, 0.5) is 5.69 Å². The smallest absolute Gasteiger partial charge is 0.269 e. The maximum absolute atomic E-state index is 11.7. The molecule has 0 aliphatic rings. The summed E-state index contributed by atoms with van der Waals surface area (Å²) in [6.07, 6.45) is 2.87. The molecule has 0 heterocycles. The van der Waals surface area contributed by atoms with Crippen molar-refractivity contribution in [3.8, 4) is 11.8 Å². The van der Waals surface area contributed by atoms with E-state index in [9.17, 15) is 19.7 Å². The van der Waals surface area contributed by atoms with Crippen molar-refractivity contribution < 1.29 is 14.5 Å². The molecule has 2 aromatic rings. The van der Waals surface area contributed by atoms with E-state index in [0.29, 0.717) is 16.7 Å². The number of rotatable bonds is 5. The van der Waals surface area contributed by atoms with Gasteiger partial charge in [-0.1, -0.05) is 11.8 Å². The summed E-state index contributed by atoms with van der Waals surface area (Å²) in [7, 11) is 0. The summed E-state index contributed by atoms with van der Waals surface area (Å²) in [5.41, 5.74) is 6.92. The Balaban J connectivity index is 1.83. The van der Waals surface area contributed by atoms with Gasteiger partial charge in [0, 0.05) is 29.3 Å². The van der Waals surface area contributed by atoms with Gasteiger partial charge < -0.3 is 11.1 Å². The summed E-state index contributed by atoms with van der Waals surface area (Å²) in [5.74, 6) is 4.81. The van der Waals surface area contributed by atoms with Crippen LogP contribution in [0.5, 0.6) is 0 Å².